The van der Waals surface area contributed by atoms with Gasteiger partial charge in [0.1, 0.15) is 0 Å². The molecule has 0 unspecified atom stereocenters. The molecule has 0 radical (unpaired) electrons. The van der Waals surface area contributed by atoms with E-state index in [9.17, 15) is 0 Å². The van der Waals surface area contributed by atoms with E-state index < -0.39 is 0 Å². The minimum absolute atomic E-state index is 1.10. The van der Waals surface area contributed by atoms with Gasteiger partial charge in [-0.1, -0.05) is 235 Å². The average Bonchev–Trinajstić information content (AvgIpc) is 4.35. The molecule has 10 aliphatic heterocycles. The predicted molar refractivity (Wildman–Crippen MR) is 469 cm³/mol. The Bertz CT molecular complexity index is 2510. The van der Waals surface area contributed by atoms with E-state index in [4.69, 9.17) is 0 Å². The van der Waals surface area contributed by atoms with Gasteiger partial charge in [0.05, 0.1) is 110 Å². The lowest BCUT2D eigenvalue weighted by atomic mass is 11.0. The zero-order valence-corrected chi connectivity index (χ0v) is 73.1. The third kappa shape index (κ3) is 20.9. The number of thioether (sulfide) groups is 36. The molecular weight excluding hydrogens is 1710 g/mol. The van der Waals surface area contributed by atoms with Crippen LogP contribution in [0, 0.1) is 0 Å². The average molecular weight is 1750 g/mol. The smallest absolute Gasteiger partial charge is 0.0717 e. The van der Waals surface area contributed by atoms with E-state index in [1.807, 2.05) is 329 Å². The maximum Gasteiger partial charge on any atom is 0.0717 e. The fourth-order valence-electron chi connectivity index (χ4n) is 6.17. The van der Waals surface area contributed by atoms with Crippen LogP contribution in [-0.4, -0.2) is 96.1 Å². The van der Waals surface area contributed by atoms with Crippen LogP contribution in [0.1, 0.15) is 0 Å². The van der Waals surface area contributed by atoms with Gasteiger partial charge in [-0.3, -0.25) is 0 Å². The summed E-state index contributed by atoms with van der Waals surface area (Å²) in [6.07, 6.45) is 17.6. The first-order chi connectivity index (χ1) is 40.2. The van der Waals surface area contributed by atoms with Crippen molar-refractivity contribution in [2.45, 2.75) is 0 Å². The van der Waals surface area contributed by atoms with Crippen molar-refractivity contribution in [3.05, 3.63) is 132 Å². The molecule has 0 aromatic heterocycles. The third-order valence-electron chi connectivity index (χ3n) is 9.61. The maximum absolute atomic E-state index is 2.39. The van der Waals surface area contributed by atoms with Crippen molar-refractivity contribution in [3.8, 4) is 0 Å². The summed E-state index contributed by atoms with van der Waals surface area (Å²) < 4.78 is 38.0. The van der Waals surface area contributed by atoms with E-state index in [0.29, 0.717) is 0 Å². The molecule has 0 bridgehead atoms. The minimum Gasteiger partial charge on any atom is -0.121 e. The molecule has 0 aromatic carbocycles. The highest BCUT2D eigenvalue weighted by molar-refractivity contribution is 8.48. The molecule has 0 aromatic rings. The molecule has 444 valence electrons. The highest BCUT2D eigenvalue weighted by Gasteiger charge is 2.34. The van der Waals surface area contributed by atoms with Gasteiger partial charge in [-0.15, -0.1) is 188 Å². The second-order valence-corrected chi connectivity index (χ2v) is 56.8. The van der Waals surface area contributed by atoms with Gasteiger partial charge in [-0.05, 0) is 71.7 Å². The maximum atomic E-state index is 2.39. The normalized spacial score (nSPS) is 21.9. The summed E-state index contributed by atoms with van der Waals surface area (Å²) in [6, 6.07) is 0. The molecule has 36 heteroatoms. The fraction of sp³-hybridized carbons (Fsp3) is 0.348. The van der Waals surface area contributed by atoms with Crippen molar-refractivity contribution in [2.24, 2.45) is 0 Å². The Hall–Kier alpha value is 8.70. The summed E-state index contributed by atoms with van der Waals surface area (Å²) >= 11 is 71.2. The molecule has 0 nitrogen and oxygen atoms in total. The standard InChI is InChI=1S/C46H44S36/c1-47-25-26(48-2)72-41(71-25)37-63-17-21(67-37)55-9-13-59-33-34(60-14-10-56-22-18-64-38(68-22)42-73-27(49-3)28(50-4)74-42)80-45(79-33)46-81-35(61-15-11-57-23-19-65-39(69-23)43-75-29(51-5)30(52-6)76-43)36(82-46)62-16-12-58-24-20-66-40(70-24)44-77-31(53-7)32(54-8)78-44/h17-20H,9-16H2,1-8H3. The van der Waals surface area contributed by atoms with E-state index in [1.54, 1.807) is 0 Å². The molecule has 0 atom stereocenters. The molecule has 0 N–H and O–H groups in total. The summed E-state index contributed by atoms with van der Waals surface area (Å²) in [6.45, 7) is 0. The number of rotatable bonds is 28. The van der Waals surface area contributed by atoms with Crippen LogP contribution in [0.5, 0.6) is 0 Å². The zero-order valence-electron chi connectivity index (χ0n) is 43.7. The first kappa shape index (κ1) is 73.4. The van der Waals surface area contributed by atoms with Crippen molar-refractivity contribution in [3.63, 3.8) is 0 Å². The van der Waals surface area contributed by atoms with Crippen molar-refractivity contribution in [1.29, 1.82) is 0 Å². The first-order valence-corrected chi connectivity index (χ1v) is 57.3. The van der Waals surface area contributed by atoms with Gasteiger partial charge < -0.3 is 0 Å². The van der Waals surface area contributed by atoms with Crippen molar-refractivity contribution < 1.29 is 0 Å². The highest BCUT2D eigenvalue weighted by atomic mass is 32.3. The quantitative estimate of drug-likeness (QED) is 0.0682. The van der Waals surface area contributed by atoms with Gasteiger partial charge in [0.15, 0.2) is 0 Å². The van der Waals surface area contributed by atoms with E-state index in [2.05, 4.69) is 166 Å². The van der Waals surface area contributed by atoms with Crippen LogP contribution in [0.3, 0.4) is 0 Å². The summed E-state index contributed by atoms with van der Waals surface area (Å²) in [4.78, 5) is 0. The summed E-state index contributed by atoms with van der Waals surface area (Å²) in [5.41, 5.74) is 0. The molecular formula is C46H44S36. The summed E-state index contributed by atoms with van der Waals surface area (Å²) in [5.74, 6) is 8.86. The Morgan fingerprint density at radius 2 is 0.354 bits per heavy atom. The fourth-order valence-corrected chi connectivity index (χ4v) is 54.6. The van der Waals surface area contributed by atoms with Crippen LogP contribution in [0.2, 0.25) is 0 Å². The van der Waals surface area contributed by atoms with Crippen LogP contribution >= 0.6 is 423 Å². The molecule has 0 saturated heterocycles. The third-order valence-corrected chi connectivity index (χ3v) is 60.1. The van der Waals surface area contributed by atoms with Crippen LogP contribution in [0.15, 0.2) is 132 Å². The Balaban J connectivity index is 0.766. The van der Waals surface area contributed by atoms with E-state index in [1.165, 1.54) is 110 Å². The van der Waals surface area contributed by atoms with Gasteiger partial charge in [0.2, 0.25) is 0 Å². The lowest BCUT2D eigenvalue weighted by Gasteiger charge is -2.06. The van der Waals surface area contributed by atoms with E-state index >= 15 is 0 Å². The molecule has 0 fully saturated rings. The predicted octanol–water partition coefficient (Wildman–Crippen LogP) is 30.1. The second-order valence-electron chi connectivity index (χ2n) is 14.6. The van der Waals surface area contributed by atoms with Crippen molar-refractivity contribution in [1.82, 2.24) is 0 Å². The van der Waals surface area contributed by atoms with Gasteiger partial charge in [0.25, 0.3) is 0 Å². The van der Waals surface area contributed by atoms with Crippen LogP contribution in [0.25, 0.3) is 0 Å². The van der Waals surface area contributed by atoms with E-state index in [-0.39, 0.29) is 0 Å². The Kier molecular flexibility index (Phi) is 34.8. The summed E-state index contributed by atoms with van der Waals surface area (Å²) in [5, 5.41) is 9.58. The van der Waals surface area contributed by atoms with Gasteiger partial charge >= 0.3 is 0 Å². The lowest BCUT2D eigenvalue weighted by Crippen LogP contribution is -1.86. The van der Waals surface area contributed by atoms with Crippen molar-refractivity contribution >= 4 is 423 Å². The van der Waals surface area contributed by atoms with Gasteiger partial charge in [0, 0.05) is 46.0 Å². The molecule has 10 heterocycles. The van der Waals surface area contributed by atoms with Gasteiger partial charge in [-0.2, -0.15) is 0 Å². The largest absolute Gasteiger partial charge is 0.121 e. The Morgan fingerprint density at radius 3 is 0.537 bits per heavy atom. The molecule has 10 rings (SSSR count). The summed E-state index contributed by atoms with van der Waals surface area (Å²) in [7, 11) is 0. The number of hydrogen-bond donors (Lipinski definition) is 0. The zero-order chi connectivity index (χ0) is 57.0. The van der Waals surface area contributed by atoms with Crippen LogP contribution in [0.4, 0.5) is 0 Å². The number of hydrogen-bond acceptors (Lipinski definition) is 36. The molecule has 82 heavy (non-hydrogen) atoms. The SMILES string of the molecule is CSC1=C(SC)SC(=C2SC=C(SCCSC3=C(SCCSC4=CSC(=C5SC(SC)=C(SC)S5)S4)SC(=C4SC(SCCSC5=CSC(=C6SC(SC)=C(SC)S6)S5)=C(SCCSC5=CSC(=C6SC(SC)=C(SC)S6)S5)S4)S3)S2)S1. The molecule has 0 spiro atoms. The lowest BCUT2D eigenvalue weighted by molar-refractivity contribution is 1.56. The molecule has 0 amide bonds. The monoisotopic (exact) mass is 1750 g/mol. The van der Waals surface area contributed by atoms with Gasteiger partial charge in [-0.25, -0.2) is 0 Å². The molecule has 10 aliphatic rings. The highest BCUT2D eigenvalue weighted by Crippen LogP contribution is 2.70. The Morgan fingerprint density at radius 1 is 0.195 bits per heavy atom. The van der Waals surface area contributed by atoms with E-state index in [0.717, 1.165) is 46.0 Å². The second kappa shape index (κ2) is 38.9. The van der Waals surface area contributed by atoms with Crippen LogP contribution in [-0.2, 0) is 0 Å². The molecule has 0 aliphatic carbocycles. The topological polar surface area (TPSA) is 0 Å². The van der Waals surface area contributed by atoms with Crippen molar-refractivity contribution in [2.75, 3.05) is 96.1 Å². The minimum atomic E-state index is 1.10. The first-order valence-electron chi connectivity index (χ1n) is 23.0. The Labute approximate surface area is 639 Å². The van der Waals surface area contributed by atoms with Crippen LogP contribution < -0.4 is 0 Å². The molecule has 0 saturated carbocycles.